The van der Waals surface area contributed by atoms with Crippen molar-refractivity contribution >= 4 is 40.2 Å². The fourth-order valence-corrected chi connectivity index (χ4v) is 15.6. The Morgan fingerprint density at radius 3 is 1.84 bits per heavy atom. The van der Waals surface area contributed by atoms with E-state index in [0.29, 0.717) is 38.0 Å². The zero-order chi connectivity index (χ0) is 25.6. The number of rotatable bonds is 15. The molecule has 7 nitrogen and oxygen atoms in total. The normalized spacial score (nSPS) is 14.9. The molecule has 0 aromatic carbocycles. The Hall–Kier alpha value is -0.122. The van der Waals surface area contributed by atoms with Crippen LogP contribution in [-0.2, 0) is 27.2 Å². The van der Waals surface area contributed by atoms with Crippen molar-refractivity contribution in [3.8, 4) is 0 Å². The zero-order valence-electron chi connectivity index (χ0n) is 22.5. The standard InChI is InChI=1S/C16H34O6Si2.C5H16OSi2/c1-14(2)16(17)21-11-10-19-8-9-20-12-15(3)13-24(7,18)22-23(4,5)6;1-7(2)6-8(3,4)5/h15,18H,1,8-13H2,2-7H3;7H,1-5H3. The van der Waals surface area contributed by atoms with Crippen molar-refractivity contribution in [2.45, 2.75) is 78.8 Å². The molecular formula is C21H50O7Si4. The smallest absolute Gasteiger partial charge is 0.333 e. The van der Waals surface area contributed by atoms with Crippen LogP contribution in [0.2, 0.25) is 65.0 Å². The van der Waals surface area contributed by atoms with Gasteiger partial charge < -0.3 is 27.2 Å². The molecule has 0 aromatic rings. The summed E-state index contributed by atoms with van der Waals surface area (Å²) in [6.45, 7) is 28.4. The minimum Gasteiger partial charge on any atom is -0.460 e. The molecule has 2 unspecified atom stereocenters. The van der Waals surface area contributed by atoms with Crippen LogP contribution in [0.3, 0.4) is 0 Å². The molecule has 0 amide bonds. The van der Waals surface area contributed by atoms with E-state index < -0.39 is 40.2 Å². The first-order chi connectivity index (χ1) is 14.3. The highest BCUT2D eigenvalue weighted by Gasteiger charge is 2.34. The maximum absolute atomic E-state index is 11.1. The maximum atomic E-state index is 11.1. The number of carbonyl (C=O) groups excluding carboxylic acids is 1. The van der Waals surface area contributed by atoms with E-state index in [1.807, 2.05) is 13.5 Å². The molecule has 2 atom stereocenters. The monoisotopic (exact) mass is 526 g/mol. The minimum absolute atomic E-state index is 0.213. The zero-order valence-corrected chi connectivity index (χ0v) is 26.7. The van der Waals surface area contributed by atoms with Gasteiger partial charge in [0.1, 0.15) is 6.61 Å². The van der Waals surface area contributed by atoms with Crippen molar-refractivity contribution < 1.29 is 32.0 Å². The van der Waals surface area contributed by atoms with E-state index in [1.54, 1.807) is 6.92 Å². The summed E-state index contributed by atoms with van der Waals surface area (Å²) < 4.78 is 27.4. The van der Waals surface area contributed by atoms with Crippen molar-refractivity contribution in [3.05, 3.63) is 12.2 Å². The molecule has 0 saturated heterocycles. The third kappa shape index (κ3) is 26.1. The molecule has 0 fully saturated rings. The van der Waals surface area contributed by atoms with Gasteiger partial charge in [-0.3, -0.25) is 0 Å². The Labute approximate surface area is 202 Å². The van der Waals surface area contributed by atoms with Crippen LogP contribution in [0.4, 0.5) is 0 Å². The third-order valence-corrected chi connectivity index (χ3v) is 13.8. The summed E-state index contributed by atoms with van der Waals surface area (Å²) in [6.07, 6.45) is 0. The predicted octanol–water partition coefficient (Wildman–Crippen LogP) is 4.51. The van der Waals surface area contributed by atoms with Gasteiger partial charge in [-0.1, -0.05) is 13.5 Å². The SMILES string of the molecule is C=C(C)C(=O)OCCOCCOCC(C)C[Si](C)(O)O[Si](C)(C)C.C[SiH](C)O[Si](C)(C)C. The molecule has 0 aromatic heterocycles. The van der Waals surface area contributed by atoms with Crippen molar-refractivity contribution in [1.29, 1.82) is 0 Å². The van der Waals surface area contributed by atoms with E-state index in [2.05, 4.69) is 59.0 Å². The second-order valence-corrected chi connectivity index (χ2v) is 25.6. The second-order valence-electron chi connectivity index (χ2n) is 10.6. The van der Waals surface area contributed by atoms with Gasteiger partial charge in [0.2, 0.25) is 0 Å². The summed E-state index contributed by atoms with van der Waals surface area (Å²) in [5, 5.41) is 0. The topological polar surface area (TPSA) is 83.5 Å². The summed E-state index contributed by atoms with van der Waals surface area (Å²) in [7, 11) is -6.23. The van der Waals surface area contributed by atoms with Crippen LogP contribution in [0.15, 0.2) is 12.2 Å². The molecule has 32 heavy (non-hydrogen) atoms. The molecule has 0 aliphatic carbocycles. The van der Waals surface area contributed by atoms with Crippen LogP contribution < -0.4 is 0 Å². The van der Waals surface area contributed by atoms with Gasteiger partial charge in [-0.05, 0) is 77.8 Å². The van der Waals surface area contributed by atoms with Gasteiger partial charge in [-0.15, -0.1) is 0 Å². The highest BCUT2D eigenvalue weighted by atomic mass is 28.4. The molecule has 0 aliphatic heterocycles. The average molecular weight is 527 g/mol. The second kappa shape index (κ2) is 16.5. The summed E-state index contributed by atoms with van der Waals surface area (Å²) in [6, 6.07) is 0.662. The van der Waals surface area contributed by atoms with E-state index >= 15 is 0 Å². The Kier molecular flexibility index (Phi) is 17.6. The summed E-state index contributed by atoms with van der Waals surface area (Å²) in [5.41, 5.74) is 0.380. The molecule has 0 radical (unpaired) electrons. The molecular weight excluding hydrogens is 477 g/mol. The largest absolute Gasteiger partial charge is 0.460 e. The first-order valence-electron chi connectivity index (χ1n) is 11.4. The van der Waals surface area contributed by atoms with E-state index in [4.69, 9.17) is 22.4 Å². The quantitative estimate of drug-likeness (QED) is 0.145. The van der Waals surface area contributed by atoms with Gasteiger partial charge in [0.15, 0.2) is 25.7 Å². The van der Waals surface area contributed by atoms with Gasteiger partial charge >= 0.3 is 14.5 Å². The summed E-state index contributed by atoms with van der Waals surface area (Å²) >= 11 is 0. The molecule has 0 spiro atoms. The Balaban J connectivity index is 0. The lowest BCUT2D eigenvalue weighted by Crippen LogP contribution is -2.46. The lowest BCUT2D eigenvalue weighted by molar-refractivity contribution is -0.140. The van der Waals surface area contributed by atoms with Gasteiger partial charge in [0.05, 0.1) is 19.8 Å². The Morgan fingerprint density at radius 1 is 0.938 bits per heavy atom. The molecule has 0 saturated carbocycles. The van der Waals surface area contributed by atoms with Gasteiger partial charge in [0.25, 0.3) is 0 Å². The van der Waals surface area contributed by atoms with E-state index in [1.165, 1.54) is 0 Å². The molecule has 11 heteroatoms. The molecule has 0 heterocycles. The van der Waals surface area contributed by atoms with Crippen molar-refractivity contribution in [2.75, 3.05) is 33.0 Å². The van der Waals surface area contributed by atoms with Crippen LogP contribution >= 0.6 is 0 Å². The number of carbonyl (C=O) groups is 1. The fourth-order valence-electron chi connectivity index (χ4n) is 2.93. The third-order valence-electron chi connectivity index (χ3n) is 3.43. The van der Waals surface area contributed by atoms with Crippen LogP contribution in [-0.4, -0.2) is 78.0 Å². The maximum Gasteiger partial charge on any atom is 0.333 e. The highest BCUT2D eigenvalue weighted by Crippen LogP contribution is 2.20. The van der Waals surface area contributed by atoms with Gasteiger partial charge in [0, 0.05) is 12.2 Å². The number of ether oxygens (including phenoxy) is 3. The Bertz CT molecular complexity index is 529. The number of hydrogen-bond donors (Lipinski definition) is 1. The minimum atomic E-state index is -2.61. The van der Waals surface area contributed by atoms with E-state index in [0.717, 1.165) is 0 Å². The van der Waals surface area contributed by atoms with E-state index in [9.17, 15) is 9.59 Å². The fraction of sp³-hybridized carbons (Fsp3) is 0.857. The predicted molar refractivity (Wildman–Crippen MR) is 143 cm³/mol. The van der Waals surface area contributed by atoms with Gasteiger partial charge in [-0.2, -0.15) is 0 Å². The van der Waals surface area contributed by atoms with Crippen LogP contribution in [0, 0.1) is 5.92 Å². The van der Waals surface area contributed by atoms with Crippen molar-refractivity contribution in [3.63, 3.8) is 0 Å². The lowest BCUT2D eigenvalue weighted by atomic mass is 10.2. The molecule has 0 bridgehead atoms. The summed E-state index contributed by atoms with van der Waals surface area (Å²) in [4.78, 5) is 21.6. The molecule has 192 valence electrons. The molecule has 1 N–H and O–H groups in total. The van der Waals surface area contributed by atoms with Crippen molar-refractivity contribution in [1.82, 2.24) is 0 Å². The van der Waals surface area contributed by atoms with Crippen molar-refractivity contribution in [2.24, 2.45) is 5.92 Å². The van der Waals surface area contributed by atoms with Crippen LogP contribution in [0.1, 0.15) is 13.8 Å². The molecule has 0 rings (SSSR count). The first-order valence-corrected chi connectivity index (χ1v) is 23.6. The summed E-state index contributed by atoms with van der Waals surface area (Å²) in [5.74, 6) is -0.167. The van der Waals surface area contributed by atoms with E-state index in [-0.39, 0.29) is 12.5 Å². The van der Waals surface area contributed by atoms with Crippen LogP contribution in [0.5, 0.6) is 0 Å². The number of hydrogen-bond acceptors (Lipinski definition) is 7. The number of esters is 1. The average Bonchev–Trinajstić information content (AvgIpc) is 2.52. The molecule has 0 aliphatic rings. The first kappa shape index (κ1) is 34.0. The lowest BCUT2D eigenvalue weighted by Gasteiger charge is -2.31. The van der Waals surface area contributed by atoms with Gasteiger partial charge in [-0.25, -0.2) is 4.79 Å². The highest BCUT2D eigenvalue weighted by molar-refractivity contribution is 6.81. The van der Waals surface area contributed by atoms with Crippen LogP contribution in [0.25, 0.3) is 0 Å². The Morgan fingerprint density at radius 2 is 1.44 bits per heavy atom.